The third kappa shape index (κ3) is 4.95. The quantitative estimate of drug-likeness (QED) is 0.795. The molecule has 144 valence electrons. The molecule has 1 aliphatic heterocycles. The molecule has 1 unspecified atom stereocenters. The number of hydrogen-bond acceptors (Lipinski definition) is 4. The molecule has 2 N–H and O–H groups in total. The van der Waals surface area contributed by atoms with Crippen molar-refractivity contribution in [3.8, 4) is 0 Å². The summed E-state index contributed by atoms with van der Waals surface area (Å²) in [4.78, 5) is 31.0. The van der Waals surface area contributed by atoms with Crippen molar-refractivity contribution in [2.45, 2.75) is 25.8 Å². The Morgan fingerprint density at radius 3 is 2.78 bits per heavy atom. The molecule has 27 heavy (non-hydrogen) atoms. The number of rotatable bonds is 6. The summed E-state index contributed by atoms with van der Waals surface area (Å²) in [6, 6.07) is 8.03. The second-order valence-corrected chi connectivity index (χ2v) is 6.97. The van der Waals surface area contributed by atoms with Gasteiger partial charge >= 0.3 is 0 Å². The number of benzene rings is 1. The molecule has 2 heterocycles. The number of aryl methyl sites for hydroxylation is 3. The van der Waals surface area contributed by atoms with Crippen LogP contribution in [0.5, 0.6) is 0 Å². The molecule has 1 atom stereocenters. The molecule has 7 nitrogen and oxygen atoms in total. The van der Waals surface area contributed by atoms with E-state index < -0.39 is 0 Å². The maximum absolute atomic E-state index is 12.7. The van der Waals surface area contributed by atoms with E-state index in [2.05, 4.69) is 15.6 Å². The molecule has 0 radical (unpaired) electrons. The largest absolute Gasteiger partial charge is 0.347 e. The van der Waals surface area contributed by atoms with Crippen molar-refractivity contribution in [3.05, 3.63) is 53.6 Å². The Morgan fingerprint density at radius 1 is 1.30 bits per heavy atom. The number of carbonyl (C=O) groups is 2. The molecule has 0 aliphatic carbocycles. The molecule has 1 aromatic heterocycles. The van der Waals surface area contributed by atoms with Crippen molar-refractivity contribution in [2.24, 2.45) is 7.05 Å². The zero-order chi connectivity index (χ0) is 19.2. The molecular formula is C20H27N5O2. The third-order valence-electron chi connectivity index (χ3n) is 4.92. The zero-order valence-electron chi connectivity index (χ0n) is 15.9. The highest BCUT2D eigenvalue weighted by Gasteiger charge is 2.30. The van der Waals surface area contributed by atoms with Gasteiger partial charge in [0.05, 0.1) is 6.54 Å². The average molecular weight is 369 g/mol. The van der Waals surface area contributed by atoms with Gasteiger partial charge in [0, 0.05) is 45.5 Å². The van der Waals surface area contributed by atoms with Crippen molar-refractivity contribution >= 4 is 11.8 Å². The number of nitrogens with zero attached hydrogens (tertiary/aromatic N) is 3. The van der Waals surface area contributed by atoms with E-state index in [1.807, 2.05) is 49.0 Å². The summed E-state index contributed by atoms with van der Waals surface area (Å²) in [7, 11) is 1.92. The van der Waals surface area contributed by atoms with Gasteiger partial charge in [0.15, 0.2) is 0 Å². The van der Waals surface area contributed by atoms with E-state index in [1.54, 1.807) is 11.1 Å². The molecule has 0 saturated carbocycles. The van der Waals surface area contributed by atoms with Crippen LogP contribution in [0.25, 0.3) is 0 Å². The van der Waals surface area contributed by atoms with Crippen LogP contribution in [0, 0.1) is 6.92 Å². The molecule has 1 aliphatic rings. The lowest BCUT2D eigenvalue weighted by Gasteiger charge is -2.35. The number of aromatic nitrogens is 2. The lowest BCUT2D eigenvalue weighted by Crippen LogP contribution is -2.52. The first-order valence-electron chi connectivity index (χ1n) is 9.34. The SMILES string of the molecule is Cc1ccc(CCC(=O)NCC(=O)N2CCNCC2c2nccn2C)cc1. The zero-order valence-corrected chi connectivity index (χ0v) is 15.9. The Labute approximate surface area is 159 Å². The minimum atomic E-state index is -0.115. The van der Waals surface area contributed by atoms with E-state index in [0.717, 1.165) is 17.9 Å². The summed E-state index contributed by atoms with van der Waals surface area (Å²) < 4.78 is 1.93. The lowest BCUT2D eigenvalue weighted by atomic mass is 10.1. The monoisotopic (exact) mass is 369 g/mol. The predicted molar refractivity (Wildman–Crippen MR) is 103 cm³/mol. The Balaban J connectivity index is 1.50. The van der Waals surface area contributed by atoms with E-state index in [1.165, 1.54) is 5.56 Å². The summed E-state index contributed by atoms with van der Waals surface area (Å²) in [5.41, 5.74) is 2.33. The van der Waals surface area contributed by atoms with E-state index in [-0.39, 0.29) is 24.4 Å². The molecule has 3 rings (SSSR count). The summed E-state index contributed by atoms with van der Waals surface area (Å²) >= 11 is 0. The van der Waals surface area contributed by atoms with E-state index in [0.29, 0.717) is 25.9 Å². The standard InChI is InChI=1S/C20H27N5O2/c1-15-3-5-16(6-4-15)7-8-18(26)23-14-19(27)25-12-9-21-13-17(25)20-22-10-11-24(20)2/h3-6,10-11,17,21H,7-9,12-14H2,1-2H3,(H,23,26). The molecule has 2 aromatic rings. The Bertz CT molecular complexity index is 784. The summed E-state index contributed by atoms with van der Waals surface area (Å²) in [5, 5.41) is 6.07. The van der Waals surface area contributed by atoms with Crippen LogP contribution in [-0.4, -0.2) is 52.4 Å². The second-order valence-electron chi connectivity index (χ2n) is 6.97. The van der Waals surface area contributed by atoms with Crippen LogP contribution in [0.15, 0.2) is 36.7 Å². The van der Waals surface area contributed by atoms with E-state index >= 15 is 0 Å². The van der Waals surface area contributed by atoms with Crippen molar-refractivity contribution in [3.63, 3.8) is 0 Å². The van der Waals surface area contributed by atoms with Crippen LogP contribution in [-0.2, 0) is 23.1 Å². The average Bonchev–Trinajstić information content (AvgIpc) is 3.11. The molecular weight excluding hydrogens is 342 g/mol. The van der Waals surface area contributed by atoms with Gasteiger partial charge in [-0.1, -0.05) is 29.8 Å². The fraction of sp³-hybridized carbons (Fsp3) is 0.450. The summed E-state index contributed by atoms with van der Waals surface area (Å²) in [6.45, 7) is 4.08. The number of imidazole rings is 1. The second kappa shape index (κ2) is 8.81. The van der Waals surface area contributed by atoms with Crippen molar-refractivity contribution in [2.75, 3.05) is 26.2 Å². The smallest absolute Gasteiger partial charge is 0.242 e. The van der Waals surface area contributed by atoms with Gasteiger partial charge in [-0.25, -0.2) is 4.98 Å². The minimum absolute atomic E-state index is 0.0215. The van der Waals surface area contributed by atoms with Gasteiger partial charge in [0.1, 0.15) is 11.9 Å². The predicted octanol–water partition coefficient (Wildman–Crippen LogP) is 0.950. The van der Waals surface area contributed by atoms with Crippen molar-refractivity contribution in [1.82, 2.24) is 25.1 Å². The highest BCUT2D eigenvalue weighted by atomic mass is 16.2. The number of nitrogens with one attached hydrogen (secondary N) is 2. The maximum Gasteiger partial charge on any atom is 0.242 e. The Kier molecular flexibility index (Phi) is 6.24. The van der Waals surface area contributed by atoms with Gasteiger partial charge in [-0.15, -0.1) is 0 Å². The van der Waals surface area contributed by atoms with Gasteiger partial charge in [0.2, 0.25) is 11.8 Å². The third-order valence-corrected chi connectivity index (χ3v) is 4.92. The van der Waals surface area contributed by atoms with Gasteiger partial charge in [0.25, 0.3) is 0 Å². The van der Waals surface area contributed by atoms with Gasteiger partial charge in [-0.3, -0.25) is 9.59 Å². The van der Waals surface area contributed by atoms with E-state index in [4.69, 9.17) is 0 Å². The molecule has 0 bridgehead atoms. The van der Waals surface area contributed by atoms with Crippen LogP contribution in [0.2, 0.25) is 0 Å². The molecule has 7 heteroatoms. The number of amides is 2. The van der Waals surface area contributed by atoms with Gasteiger partial charge in [-0.2, -0.15) is 0 Å². The number of carbonyl (C=O) groups excluding carboxylic acids is 2. The Morgan fingerprint density at radius 2 is 2.07 bits per heavy atom. The summed E-state index contributed by atoms with van der Waals surface area (Å²) in [5.74, 6) is 0.669. The molecule has 1 saturated heterocycles. The van der Waals surface area contributed by atoms with Crippen LogP contribution >= 0.6 is 0 Å². The molecule has 1 aromatic carbocycles. The lowest BCUT2D eigenvalue weighted by molar-refractivity contribution is -0.135. The van der Waals surface area contributed by atoms with Crippen LogP contribution in [0.4, 0.5) is 0 Å². The first-order chi connectivity index (χ1) is 13.0. The maximum atomic E-state index is 12.7. The van der Waals surface area contributed by atoms with Crippen LogP contribution < -0.4 is 10.6 Å². The van der Waals surface area contributed by atoms with Crippen LogP contribution in [0.1, 0.15) is 29.4 Å². The number of piperazine rings is 1. The Hall–Kier alpha value is -2.67. The highest BCUT2D eigenvalue weighted by molar-refractivity contribution is 5.85. The molecule has 2 amide bonds. The highest BCUT2D eigenvalue weighted by Crippen LogP contribution is 2.20. The fourth-order valence-electron chi connectivity index (χ4n) is 3.31. The molecule has 0 spiro atoms. The van der Waals surface area contributed by atoms with Crippen molar-refractivity contribution in [1.29, 1.82) is 0 Å². The normalized spacial score (nSPS) is 17.0. The number of hydrogen-bond donors (Lipinski definition) is 2. The first-order valence-corrected chi connectivity index (χ1v) is 9.34. The minimum Gasteiger partial charge on any atom is -0.347 e. The fourth-order valence-corrected chi connectivity index (χ4v) is 3.31. The van der Waals surface area contributed by atoms with Gasteiger partial charge in [-0.05, 0) is 18.9 Å². The van der Waals surface area contributed by atoms with Gasteiger partial charge < -0.3 is 20.1 Å². The topological polar surface area (TPSA) is 79.3 Å². The summed E-state index contributed by atoms with van der Waals surface area (Å²) in [6.07, 6.45) is 4.66. The van der Waals surface area contributed by atoms with E-state index in [9.17, 15) is 9.59 Å². The molecule has 1 fully saturated rings. The first kappa shape index (κ1) is 19.1. The van der Waals surface area contributed by atoms with Crippen LogP contribution in [0.3, 0.4) is 0 Å². The van der Waals surface area contributed by atoms with Crippen molar-refractivity contribution < 1.29 is 9.59 Å².